The standard InChI is InChI=1S/C15H26N4O3S/c1-3-4-9-23(20,21)19-12-5-6-13(19)11-18-14(7-8-22-2)16-17-15(18)10-12/h12-13H,3-11H2,1-2H3. The van der Waals surface area contributed by atoms with Gasteiger partial charge in [-0.25, -0.2) is 8.42 Å². The number of hydrogen-bond donors (Lipinski definition) is 0. The van der Waals surface area contributed by atoms with Crippen LogP contribution in [0.1, 0.15) is 44.3 Å². The summed E-state index contributed by atoms with van der Waals surface area (Å²) in [7, 11) is -1.51. The number of ether oxygens (including phenoxy) is 1. The molecule has 1 saturated heterocycles. The second kappa shape index (κ2) is 6.86. The smallest absolute Gasteiger partial charge is 0.214 e. The van der Waals surface area contributed by atoms with Crippen molar-refractivity contribution < 1.29 is 13.2 Å². The Balaban J connectivity index is 1.83. The lowest BCUT2D eigenvalue weighted by atomic mass is 10.1. The Bertz CT molecular complexity index is 643. The molecule has 2 bridgehead atoms. The number of rotatable bonds is 7. The molecule has 0 aromatic carbocycles. The number of nitrogens with zero attached hydrogens (tertiary/aromatic N) is 4. The summed E-state index contributed by atoms with van der Waals surface area (Å²) in [6.45, 7) is 3.30. The van der Waals surface area contributed by atoms with E-state index in [0.717, 1.165) is 37.3 Å². The fourth-order valence-electron chi connectivity index (χ4n) is 3.72. The molecule has 2 atom stereocenters. The molecular formula is C15H26N4O3S. The lowest BCUT2D eigenvalue weighted by Gasteiger charge is -2.27. The van der Waals surface area contributed by atoms with E-state index in [4.69, 9.17) is 4.74 Å². The van der Waals surface area contributed by atoms with Gasteiger partial charge in [-0.3, -0.25) is 0 Å². The van der Waals surface area contributed by atoms with Crippen LogP contribution in [0, 0.1) is 0 Å². The summed E-state index contributed by atoms with van der Waals surface area (Å²) in [6, 6.07) is 0.0861. The number of aromatic nitrogens is 3. The van der Waals surface area contributed by atoms with Crippen LogP contribution in [-0.2, 0) is 34.1 Å². The van der Waals surface area contributed by atoms with E-state index < -0.39 is 10.0 Å². The van der Waals surface area contributed by atoms with Gasteiger partial charge in [-0.15, -0.1) is 10.2 Å². The highest BCUT2D eigenvalue weighted by atomic mass is 32.2. The van der Waals surface area contributed by atoms with E-state index >= 15 is 0 Å². The average Bonchev–Trinajstić information content (AvgIpc) is 3.03. The molecule has 130 valence electrons. The highest BCUT2D eigenvalue weighted by molar-refractivity contribution is 7.89. The number of sulfonamides is 1. The van der Waals surface area contributed by atoms with Gasteiger partial charge in [0, 0.05) is 38.6 Å². The minimum absolute atomic E-state index is 0.0420. The van der Waals surface area contributed by atoms with Crippen molar-refractivity contribution in [2.75, 3.05) is 19.5 Å². The van der Waals surface area contributed by atoms with Gasteiger partial charge in [0.15, 0.2) is 0 Å². The minimum atomic E-state index is -3.18. The first-order valence-corrected chi connectivity index (χ1v) is 10.1. The average molecular weight is 342 g/mol. The number of methoxy groups -OCH3 is 1. The van der Waals surface area contributed by atoms with Crippen LogP contribution in [0.15, 0.2) is 0 Å². The molecule has 3 rings (SSSR count). The van der Waals surface area contributed by atoms with E-state index in [1.165, 1.54) is 0 Å². The molecule has 0 spiro atoms. The van der Waals surface area contributed by atoms with E-state index in [9.17, 15) is 8.42 Å². The monoisotopic (exact) mass is 342 g/mol. The Kier molecular flexibility index (Phi) is 5.03. The molecule has 0 saturated carbocycles. The first kappa shape index (κ1) is 16.9. The molecule has 1 aromatic heterocycles. The molecule has 1 aromatic rings. The summed E-state index contributed by atoms with van der Waals surface area (Å²) in [5.74, 6) is 2.08. The van der Waals surface area contributed by atoms with Crippen molar-refractivity contribution in [3.05, 3.63) is 11.6 Å². The maximum atomic E-state index is 12.7. The van der Waals surface area contributed by atoms with E-state index in [-0.39, 0.29) is 17.8 Å². The Hall–Kier alpha value is -0.990. The third kappa shape index (κ3) is 3.29. The third-order valence-electron chi connectivity index (χ3n) is 4.88. The SMILES string of the molecule is CCCCS(=O)(=O)N1C2CCC1Cn1c(CCOC)nnc1C2. The summed E-state index contributed by atoms with van der Waals surface area (Å²) < 4.78 is 34.5. The predicted octanol–water partition coefficient (Wildman–Crippen LogP) is 0.986. The summed E-state index contributed by atoms with van der Waals surface area (Å²) in [5, 5.41) is 8.58. The normalized spacial score (nSPS) is 24.6. The van der Waals surface area contributed by atoms with Gasteiger partial charge in [0.25, 0.3) is 0 Å². The molecule has 0 aliphatic carbocycles. The minimum Gasteiger partial charge on any atom is -0.384 e. The highest BCUT2D eigenvalue weighted by Gasteiger charge is 2.44. The summed E-state index contributed by atoms with van der Waals surface area (Å²) in [4.78, 5) is 0. The Labute approximate surface area is 138 Å². The van der Waals surface area contributed by atoms with E-state index in [2.05, 4.69) is 14.8 Å². The molecule has 0 amide bonds. The zero-order valence-electron chi connectivity index (χ0n) is 13.9. The molecule has 2 unspecified atom stereocenters. The molecule has 0 N–H and O–H groups in total. The lowest BCUT2D eigenvalue weighted by Crippen LogP contribution is -2.43. The van der Waals surface area contributed by atoms with Crippen molar-refractivity contribution in [1.82, 2.24) is 19.1 Å². The van der Waals surface area contributed by atoms with Gasteiger partial charge in [-0.05, 0) is 19.3 Å². The second-order valence-corrected chi connectivity index (χ2v) is 8.47. The largest absolute Gasteiger partial charge is 0.384 e. The Morgan fingerprint density at radius 2 is 2.04 bits per heavy atom. The quantitative estimate of drug-likeness (QED) is 0.738. The number of unbranched alkanes of at least 4 members (excludes halogenated alkanes) is 1. The van der Waals surface area contributed by atoms with Crippen LogP contribution in [-0.4, -0.2) is 59.0 Å². The van der Waals surface area contributed by atoms with Crippen LogP contribution in [0.5, 0.6) is 0 Å². The first-order chi connectivity index (χ1) is 11.1. The van der Waals surface area contributed by atoms with Crippen LogP contribution < -0.4 is 0 Å². The molecule has 8 heteroatoms. The van der Waals surface area contributed by atoms with Crippen LogP contribution in [0.3, 0.4) is 0 Å². The summed E-state index contributed by atoms with van der Waals surface area (Å²) >= 11 is 0. The Morgan fingerprint density at radius 3 is 2.78 bits per heavy atom. The van der Waals surface area contributed by atoms with Crippen molar-refractivity contribution in [2.24, 2.45) is 0 Å². The van der Waals surface area contributed by atoms with Gasteiger partial charge in [0.1, 0.15) is 11.6 Å². The van der Waals surface area contributed by atoms with E-state index in [1.807, 2.05) is 6.92 Å². The van der Waals surface area contributed by atoms with Crippen LogP contribution >= 0.6 is 0 Å². The maximum Gasteiger partial charge on any atom is 0.214 e. The van der Waals surface area contributed by atoms with Gasteiger partial charge in [0.05, 0.1) is 12.4 Å². The zero-order valence-corrected chi connectivity index (χ0v) is 14.8. The van der Waals surface area contributed by atoms with Crippen molar-refractivity contribution in [3.8, 4) is 0 Å². The molecule has 1 fully saturated rings. The molecule has 7 nitrogen and oxygen atoms in total. The van der Waals surface area contributed by atoms with Crippen LogP contribution in [0.4, 0.5) is 0 Å². The first-order valence-electron chi connectivity index (χ1n) is 8.48. The van der Waals surface area contributed by atoms with Crippen molar-refractivity contribution >= 4 is 10.0 Å². The van der Waals surface area contributed by atoms with Crippen molar-refractivity contribution in [2.45, 2.75) is 64.1 Å². The predicted molar refractivity (Wildman–Crippen MR) is 86.6 cm³/mol. The van der Waals surface area contributed by atoms with Crippen LogP contribution in [0.25, 0.3) is 0 Å². The fourth-order valence-corrected chi connectivity index (χ4v) is 5.85. The van der Waals surface area contributed by atoms with Gasteiger partial charge in [0.2, 0.25) is 10.0 Å². The zero-order chi connectivity index (χ0) is 16.4. The molecule has 2 aliphatic heterocycles. The van der Waals surface area contributed by atoms with Crippen molar-refractivity contribution in [3.63, 3.8) is 0 Å². The Morgan fingerprint density at radius 1 is 1.26 bits per heavy atom. The fraction of sp³-hybridized carbons (Fsp3) is 0.867. The number of fused-ring (bicyclic) bond motifs is 3. The number of hydrogen-bond acceptors (Lipinski definition) is 5. The topological polar surface area (TPSA) is 77.3 Å². The van der Waals surface area contributed by atoms with Gasteiger partial charge >= 0.3 is 0 Å². The van der Waals surface area contributed by atoms with Gasteiger partial charge < -0.3 is 9.30 Å². The molecule has 3 heterocycles. The van der Waals surface area contributed by atoms with Gasteiger partial charge in [-0.2, -0.15) is 4.31 Å². The maximum absolute atomic E-state index is 12.7. The van der Waals surface area contributed by atoms with Gasteiger partial charge in [-0.1, -0.05) is 13.3 Å². The highest BCUT2D eigenvalue weighted by Crippen LogP contribution is 2.34. The molecule has 0 radical (unpaired) electrons. The van der Waals surface area contributed by atoms with E-state index in [0.29, 0.717) is 26.0 Å². The molecule has 23 heavy (non-hydrogen) atoms. The molecular weight excluding hydrogens is 316 g/mol. The summed E-state index contributed by atoms with van der Waals surface area (Å²) in [5.41, 5.74) is 0. The van der Waals surface area contributed by atoms with Crippen molar-refractivity contribution in [1.29, 1.82) is 0 Å². The van der Waals surface area contributed by atoms with E-state index in [1.54, 1.807) is 11.4 Å². The summed E-state index contributed by atoms with van der Waals surface area (Å²) in [6.07, 6.45) is 4.86. The van der Waals surface area contributed by atoms with Crippen LogP contribution in [0.2, 0.25) is 0 Å². The third-order valence-corrected chi connectivity index (χ3v) is 6.92. The molecule has 2 aliphatic rings. The second-order valence-electron chi connectivity index (χ2n) is 6.47. The lowest BCUT2D eigenvalue weighted by molar-refractivity contribution is 0.199.